The molecule has 2 aliphatic heterocycles. The van der Waals surface area contributed by atoms with Gasteiger partial charge in [-0.05, 0) is 36.4 Å². The Kier molecular flexibility index (Phi) is 4.42. The topological polar surface area (TPSA) is 88.2 Å². The number of nitrogens with zero attached hydrogens (tertiary/aromatic N) is 2. The molecule has 2 aliphatic rings. The van der Waals surface area contributed by atoms with Crippen LogP contribution in [0.25, 0.3) is 0 Å². The molecule has 3 heterocycles. The van der Waals surface area contributed by atoms with Crippen LogP contribution >= 0.6 is 22.9 Å². The van der Waals surface area contributed by atoms with Gasteiger partial charge in [0.2, 0.25) is 0 Å². The number of nitrogens with one attached hydrogen (secondary N) is 1. The summed E-state index contributed by atoms with van der Waals surface area (Å²) >= 11 is 6.81. The number of amides is 3. The molecule has 1 N–H and O–H groups in total. The van der Waals surface area contributed by atoms with Crippen molar-refractivity contribution in [1.29, 1.82) is 0 Å². The quantitative estimate of drug-likeness (QED) is 0.773. The van der Waals surface area contributed by atoms with Gasteiger partial charge in [0.25, 0.3) is 11.8 Å². The SMILES string of the molecule is [2H]C([2H])(NC(=O)c1ccc(Cl)s1)[C@H]1CN(c2ccc(N3C(=O)COCC3([2H])[2H])cc2)C(=O)O1. The van der Waals surface area contributed by atoms with Crippen LogP contribution in [-0.4, -0.2) is 56.8 Å². The van der Waals surface area contributed by atoms with Gasteiger partial charge in [-0.1, -0.05) is 11.6 Å². The second-order valence-corrected chi connectivity index (χ2v) is 7.80. The van der Waals surface area contributed by atoms with E-state index in [2.05, 4.69) is 5.32 Å². The second kappa shape index (κ2) is 8.40. The Hall–Kier alpha value is -2.62. The van der Waals surface area contributed by atoms with Crippen LogP contribution in [0.3, 0.4) is 0 Å². The van der Waals surface area contributed by atoms with Crippen molar-refractivity contribution >= 4 is 52.2 Å². The summed E-state index contributed by atoms with van der Waals surface area (Å²) in [5, 5.41) is 2.23. The van der Waals surface area contributed by atoms with Crippen LogP contribution in [0, 0.1) is 0 Å². The number of morpholine rings is 1. The van der Waals surface area contributed by atoms with E-state index < -0.39 is 37.0 Å². The van der Waals surface area contributed by atoms with Crippen LogP contribution in [0.15, 0.2) is 36.4 Å². The molecule has 152 valence electrons. The fourth-order valence-electron chi connectivity index (χ4n) is 2.81. The van der Waals surface area contributed by atoms with Gasteiger partial charge in [-0.3, -0.25) is 14.5 Å². The third-order valence-electron chi connectivity index (χ3n) is 4.17. The van der Waals surface area contributed by atoms with Gasteiger partial charge >= 0.3 is 6.09 Å². The second-order valence-electron chi connectivity index (χ2n) is 6.08. The van der Waals surface area contributed by atoms with E-state index in [1.54, 1.807) is 0 Å². The third-order valence-corrected chi connectivity index (χ3v) is 5.40. The number of carbonyl (C=O) groups is 3. The smallest absolute Gasteiger partial charge is 0.414 e. The number of rotatable bonds is 5. The number of ether oxygens (including phenoxy) is 2. The molecular weight excluding hydrogens is 418 g/mol. The highest BCUT2D eigenvalue weighted by molar-refractivity contribution is 7.18. The first-order valence-electron chi connectivity index (χ1n) is 10.5. The van der Waals surface area contributed by atoms with Gasteiger partial charge in [0, 0.05) is 17.9 Å². The predicted molar refractivity (Wildman–Crippen MR) is 109 cm³/mol. The van der Waals surface area contributed by atoms with E-state index >= 15 is 0 Å². The molecule has 1 aromatic carbocycles. The Bertz CT molecular complexity index is 1100. The van der Waals surface area contributed by atoms with Crippen LogP contribution in [0.2, 0.25) is 4.34 Å². The maximum Gasteiger partial charge on any atom is 0.414 e. The molecule has 1 atom stereocenters. The first kappa shape index (κ1) is 15.3. The number of hydrogen-bond donors (Lipinski definition) is 1. The van der Waals surface area contributed by atoms with Crippen molar-refractivity contribution < 1.29 is 29.3 Å². The summed E-state index contributed by atoms with van der Waals surface area (Å²) in [6.45, 7) is -5.04. The molecule has 4 rings (SSSR count). The van der Waals surface area contributed by atoms with E-state index in [1.807, 2.05) is 0 Å². The lowest BCUT2D eigenvalue weighted by Gasteiger charge is -2.27. The maximum absolute atomic E-state index is 12.4. The van der Waals surface area contributed by atoms with E-state index in [9.17, 15) is 14.4 Å². The van der Waals surface area contributed by atoms with Crippen LogP contribution in [0.5, 0.6) is 0 Å². The average molecular weight is 440 g/mol. The van der Waals surface area contributed by atoms with Gasteiger partial charge in [-0.25, -0.2) is 4.79 Å². The molecule has 0 bridgehead atoms. The minimum Gasteiger partial charge on any atom is -0.442 e. The molecule has 0 unspecified atom stereocenters. The minimum absolute atomic E-state index is 0.173. The molecule has 0 spiro atoms. The van der Waals surface area contributed by atoms with Gasteiger partial charge in [-0.15, -0.1) is 11.3 Å². The van der Waals surface area contributed by atoms with Gasteiger partial charge < -0.3 is 19.7 Å². The molecule has 0 aliphatic carbocycles. The summed E-state index contributed by atoms with van der Waals surface area (Å²) < 4.78 is 42.9. The van der Waals surface area contributed by atoms with Gasteiger partial charge in [-0.2, -0.15) is 0 Å². The first-order valence-corrected chi connectivity index (χ1v) is 9.74. The molecule has 0 radical (unpaired) electrons. The summed E-state index contributed by atoms with van der Waals surface area (Å²) in [4.78, 5) is 39.3. The standard InChI is InChI=1S/C19H18ClN3O5S/c20-16-6-5-15(29-16)18(25)21-9-14-10-23(19(26)28-14)13-3-1-12(2-4-13)22-7-8-27-11-17(22)24/h1-6,14H,7-11H2,(H,21,25)/t14-/m0/s1/i7D2,9D2. The fraction of sp³-hybridized carbons (Fsp3) is 0.316. The Labute approximate surface area is 181 Å². The van der Waals surface area contributed by atoms with Crippen LogP contribution in [0.4, 0.5) is 16.2 Å². The number of hydrogen-bond acceptors (Lipinski definition) is 6. The zero-order valence-electron chi connectivity index (χ0n) is 18.9. The highest BCUT2D eigenvalue weighted by atomic mass is 35.5. The van der Waals surface area contributed by atoms with E-state index in [0.29, 0.717) is 15.7 Å². The molecule has 8 nitrogen and oxygen atoms in total. The summed E-state index contributed by atoms with van der Waals surface area (Å²) in [6, 6.07) is 8.95. The highest BCUT2D eigenvalue weighted by Gasteiger charge is 2.33. The zero-order chi connectivity index (χ0) is 24.0. The summed E-state index contributed by atoms with van der Waals surface area (Å²) in [5.41, 5.74) is 0.651. The zero-order valence-corrected chi connectivity index (χ0v) is 16.5. The molecule has 1 aromatic heterocycles. The van der Waals surface area contributed by atoms with E-state index in [4.69, 9.17) is 26.6 Å². The van der Waals surface area contributed by atoms with Crippen LogP contribution in [0.1, 0.15) is 15.2 Å². The monoisotopic (exact) mass is 439 g/mol. The number of thiophene rings is 1. The minimum atomic E-state index is -2.35. The van der Waals surface area contributed by atoms with Gasteiger partial charge in [0.1, 0.15) is 12.7 Å². The first-order chi connectivity index (χ1) is 15.5. The maximum atomic E-state index is 12.4. The molecule has 2 saturated heterocycles. The number of carbonyl (C=O) groups excluding carboxylic acids is 3. The molecule has 3 amide bonds. The Balaban J connectivity index is 1.46. The third kappa shape index (κ3) is 4.36. The van der Waals surface area contributed by atoms with E-state index in [0.717, 1.165) is 16.2 Å². The van der Waals surface area contributed by atoms with Crippen LogP contribution < -0.4 is 15.1 Å². The number of benzene rings is 1. The number of anilines is 2. The normalized spacial score (nSPS) is 23.7. The van der Waals surface area contributed by atoms with Crippen molar-refractivity contribution in [3.63, 3.8) is 0 Å². The van der Waals surface area contributed by atoms with Crippen molar-refractivity contribution in [2.24, 2.45) is 0 Å². The summed E-state index contributed by atoms with van der Waals surface area (Å²) in [7, 11) is 0. The lowest BCUT2D eigenvalue weighted by molar-refractivity contribution is -0.125. The largest absolute Gasteiger partial charge is 0.442 e. The van der Waals surface area contributed by atoms with Gasteiger partial charge in [0.05, 0.1) is 34.3 Å². The van der Waals surface area contributed by atoms with Crippen molar-refractivity contribution in [2.45, 2.75) is 6.10 Å². The fourth-order valence-corrected chi connectivity index (χ4v) is 3.75. The van der Waals surface area contributed by atoms with Crippen molar-refractivity contribution in [3.8, 4) is 0 Å². The molecule has 10 heteroatoms. The molecule has 0 saturated carbocycles. The van der Waals surface area contributed by atoms with E-state index in [-0.39, 0.29) is 24.6 Å². The van der Waals surface area contributed by atoms with Gasteiger partial charge in [0.15, 0.2) is 0 Å². The summed E-state index contributed by atoms with van der Waals surface area (Å²) in [6.07, 6.45) is -2.08. The van der Waals surface area contributed by atoms with Crippen molar-refractivity contribution in [1.82, 2.24) is 5.32 Å². The predicted octanol–water partition coefficient (Wildman–Crippen LogP) is 2.52. The van der Waals surface area contributed by atoms with E-state index in [1.165, 1.54) is 41.3 Å². The molecular formula is C19H18ClN3O5S. The molecule has 2 fully saturated rings. The summed E-state index contributed by atoms with van der Waals surface area (Å²) in [5.74, 6) is -1.21. The Morgan fingerprint density at radius 2 is 1.97 bits per heavy atom. The Morgan fingerprint density at radius 3 is 2.62 bits per heavy atom. The lowest BCUT2D eigenvalue weighted by Crippen LogP contribution is -2.41. The number of halogens is 1. The van der Waals surface area contributed by atoms with Crippen LogP contribution in [-0.2, 0) is 14.3 Å². The average Bonchev–Trinajstić information content (AvgIpc) is 3.34. The van der Waals surface area contributed by atoms with Crippen molar-refractivity contribution in [3.05, 3.63) is 45.6 Å². The highest BCUT2D eigenvalue weighted by Crippen LogP contribution is 2.26. The Morgan fingerprint density at radius 1 is 1.24 bits per heavy atom. The van der Waals surface area contributed by atoms with Crippen molar-refractivity contribution in [2.75, 3.05) is 42.6 Å². The number of cyclic esters (lactones) is 1. The molecule has 29 heavy (non-hydrogen) atoms. The molecule has 2 aromatic rings. The lowest BCUT2D eigenvalue weighted by atomic mass is 10.2.